The monoisotopic (exact) mass is 398 g/mol. The molecule has 0 aliphatic carbocycles. The van der Waals surface area contributed by atoms with Crippen molar-refractivity contribution < 1.29 is 18.3 Å². The van der Waals surface area contributed by atoms with Gasteiger partial charge in [0.1, 0.15) is 4.75 Å². The van der Waals surface area contributed by atoms with E-state index in [-0.39, 0.29) is 12.2 Å². The minimum atomic E-state index is -4.12. The number of carbonyl (C=O) groups is 1. The van der Waals surface area contributed by atoms with Gasteiger partial charge in [-0.2, -0.15) is 0 Å². The lowest BCUT2D eigenvalue weighted by molar-refractivity contribution is 0.103. The standard InChI is InChI=1S/C21H22N2O4S/c1-21(28(22,26)27,16-10-6-3-7-11-16)19(24)14-17-12-13-18(23-17)20(25)15-8-4-2-5-9-15/h2-13,19,23-24H,14H2,1H3,(H2,22,26,27). The summed E-state index contributed by atoms with van der Waals surface area (Å²) in [6.07, 6.45) is -1.33. The third-order valence-corrected chi connectivity index (χ3v) is 6.70. The lowest BCUT2D eigenvalue weighted by Crippen LogP contribution is -2.48. The van der Waals surface area contributed by atoms with Crippen LogP contribution in [0, 0.1) is 0 Å². The summed E-state index contributed by atoms with van der Waals surface area (Å²) in [5.74, 6) is -0.182. The van der Waals surface area contributed by atoms with Crippen LogP contribution >= 0.6 is 0 Å². The number of primary sulfonamides is 1. The number of sulfonamides is 1. The zero-order chi connectivity index (χ0) is 20.4. The number of aromatic amines is 1. The van der Waals surface area contributed by atoms with Gasteiger partial charge >= 0.3 is 0 Å². The van der Waals surface area contributed by atoms with Gasteiger partial charge in [0.2, 0.25) is 15.8 Å². The highest BCUT2D eigenvalue weighted by atomic mass is 32.2. The van der Waals surface area contributed by atoms with Crippen molar-refractivity contribution in [2.45, 2.75) is 24.2 Å². The minimum Gasteiger partial charge on any atom is -0.391 e. The average Bonchev–Trinajstić information content (AvgIpc) is 3.15. The topological polar surface area (TPSA) is 113 Å². The third kappa shape index (κ3) is 3.77. The summed E-state index contributed by atoms with van der Waals surface area (Å²) in [5.41, 5.74) is 1.84. The highest BCUT2D eigenvalue weighted by Crippen LogP contribution is 2.33. The molecule has 3 aromatic rings. The van der Waals surface area contributed by atoms with E-state index in [1.54, 1.807) is 66.7 Å². The van der Waals surface area contributed by atoms with Gasteiger partial charge in [0.25, 0.3) is 0 Å². The molecule has 28 heavy (non-hydrogen) atoms. The van der Waals surface area contributed by atoms with Gasteiger partial charge in [-0.3, -0.25) is 4.79 Å². The van der Waals surface area contributed by atoms with Crippen LogP contribution in [-0.2, 0) is 21.2 Å². The molecule has 0 saturated carbocycles. The molecule has 0 bridgehead atoms. The minimum absolute atomic E-state index is 0.0100. The molecule has 1 aromatic heterocycles. The second kappa shape index (κ2) is 7.71. The van der Waals surface area contributed by atoms with Crippen LogP contribution in [0.5, 0.6) is 0 Å². The Bertz CT molecular complexity index is 1060. The molecule has 1 heterocycles. The molecule has 0 amide bonds. The Balaban J connectivity index is 1.87. The second-order valence-corrected chi connectivity index (χ2v) is 8.77. The Labute approximate surface area is 164 Å². The molecule has 4 N–H and O–H groups in total. The highest BCUT2D eigenvalue weighted by Gasteiger charge is 2.45. The Hall–Kier alpha value is -2.74. The van der Waals surface area contributed by atoms with Gasteiger partial charge in [-0.05, 0) is 24.6 Å². The molecule has 0 saturated heterocycles. The summed E-state index contributed by atoms with van der Waals surface area (Å²) in [7, 11) is -4.12. The first-order chi connectivity index (χ1) is 13.2. The summed E-state index contributed by atoms with van der Waals surface area (Å²) in [4.78, 5) is 15.5. The van der Waals surface area contributed by atoms with Crippen LogP contribution in [0.1, 0.15) is 34.2 Å². The van der Waals surface area contributed by atoms with Gasteiger partial charge in [-0.15, -0.1) is 0 Å². The number of benzene rings is 2. The van der Waals surface area contributed by atoms with Crippen LogP contribution in [0.25, 0.3) is 0 Å². The smallest absolute Gasteiger partial charge is 0.221 e. The van der Waals surface area contributed by atoms with Crippen molar-refractivity contribution in [3.05, 3.63) is 95.3 Å². The second-order valence-electron chi connectivity index (χ2n) is 6.83. The van der Waals surface area contributed by atoms with Crippen molar-refractivity contribution in [2.75, 3.05) is 0 Å². The molecule has 146 valence electrons. The predicted molar refractivity (Wildman–Crippen MR) is 107 cm³/mol. The predicted octanol–water partition coefficient (Wildman–Crippen LogP) is 2.35. The molecule has 2 unspecified atom stereocenters. The lowest BCUT2D eigenvalue weighted by Gasteiger charge is -2.32. The fourth-order valence-electron chi connectivity index (χ4n) is 3.16. The number of carbonyl (C=O) groups excluding carboxylic acids is 1. The summed E-state index contributed by atoms with van der Waals surface area (Å²) < 4.78 is 23.0. The summed E-state index contributed by atoms with van der Waals surface area (Å²) in [6, 6.07) is 20.5. The lowest BCUT2D eigenvalue weighted by atomic mass is 9.91. The molecule has 7 heteroatoms. The summed E-state index contributed by atoms with van der Waals surface area (Å²) >= 11 is 0. The van der Waals surface area contributed by atoms with Crippen molar-refractivity contribution in [2.24, 2.45) is 5.14 Å². The van der Waals surface area contributed by atoms with E-state index in [0.717, 1.165) is 0 Å². The molecular formula is C21H22N2O4S. The van der Waals surface area contributed by atoms with E-state index >= 15 is 0 Å². The van der Waals surface area contributed by atoms with E-state index in [9.17, 15) is 18.3 Å². The Morgan fingerprint density at radius 1 is 1.04 bits per heavy atom. The van der Waals surface area contributed by atoms with Crippen LogP contribution in [0.3, 0.4) is 0 Å². The van der Waals surface area contributed by atoms with Crippen LogP contribution in [0.2, 0.25) is 0 Å². The maximum absolute atomic E-state index is 12.5. The van der Waals surface area contributed by atoms with E-state index in [0.29, 0.717) is 22.5 Å². The van der Waals surface area contributed by atoms with Crippen LogP contribution in [0.15, 0.2) is 72.8 Å². The van der Waals surface area contributed by atoms with Gasteiger partial charge in [0.05, 0.1) is 11.8 Å². The summed E-state index contributed by atoms with van der Waals surface area (Å²) in [5, 5.41) is 16.3. The maximum Gasteiger partial charge on any atom is 0.221 e. The number of aliphatic hydroxyl groups is 1. The zero-order valence-electron chi connectivity index (χ0n) is 15.4. The molecule has 0 aliphatic heterocycles. The molecule has 3 rings (SSSR count). The van der Waals surface area contributed by atoms with Crippen LogP contribution < -0.4 is 5.14 Å². The van der Waals surface area contributed by atoms with Crippen molar-refractivity contribution in [1.29, 1.82) is 0 Å². The number of aromatic nitrogens is 1. The van der Waals surface area contributed by atoms with Gasteiger partial charge in [0, 0.05) is 17.7 Å². The third-order valence-electron chi connectivity index (χ3n) is 5.01. The first kappa shape index (κ1) is 20.0. The Morgan fingerprint density at radius 3 is 2.18 bits per heavy atom. The Morgan fingerprint density at radius 2 is 1.61 bits per heavy atom. The quantitative estimate of drug-likeness (QED) is 0.530. The fourth-order valence-corrected chi connectivity index (χ4v) is 4.08. The van der Waals surface area contributed by atoms with Gasteiger partial charge in [0.15, 0.2) is 0 Å². The van der Waals surface area contributed by atoms with E-state index < -0.39 is 20.9 Å². The first-order valence-electron chi connectivity index (χ1n) is 8.77. The van der Waals surface area contributed by atoms with Crippen molar-refractivity contribution >= 4 is 15.8 Å². The molecule has 2 atom stereocenters. The zero-order valence-corrected chi connectivity index (χ0v) is 16.2. The van der Waals surface area contributed by atoms with Gasteiger partial charge < -0.3 is 10.1 Å². The number of aliphatic hydroxyl groups excluding tert-OH is 1. The number of rotatable bonds is 7. The number of nitrogens with one attached hydrogen (secondary N) is 1. The van der Waals surface area contributed by atoms with Gasteiger partial charge in [-0.25, -0.2) is 13.6 Å². The van der Waals surface area contributed by atoms with E-state index in [4.69, 9.17) is 5.14 Å². The SMILES string of the molecule is CC(c1ccccc1)(C(O)Cc1ccc(C(=O)c2ccccc2)[nH]1)S(N)(=O)=O. The maximum atomic E-state index is 12.5. The average molecular weight is 398 g/mol. The molecule has 0 aliphatic rings. The number of nitrogens with two attached hydrogens (primary N) is 1. The van der Waals surface area contributed by atoms with Crippen molar-refractivity contribution in [3.8, 4) is 0 Å². The number of ketones is 1. The van der Waals surface area contributed by atoms with Crippen LogP contribution in [-0.4, -0.2) is 30.4 Å². The van der Waals surface area contributed by atoms with E-state index in [1.807, 2.05) is 6.07 Å². The first-order valence-corrected chi connectivity index (χ1v) is 10.3. The number of hydrogen-bond acceptors (Lipinski definition) is 4. The van der Waals surface area contributed by atoms with Gasteiger partial charge in [-0.1, -0.05) is 60.7 Å². The molecule has 0 spiro atoms. The summed E-state index contributed by atoms with van der Waals surface area (Å²) in [6.45, 7) is 1.40. The molecular weight excluding hydrogens is 376 g/mol. The normalized spacial score (nSPS) is 15.0. The van der Waals surface area contributed by atoms with Crippen LogP contribution in [0.4, 0.5) is 0 Å². The van der Waals surface area contributed by atoms with Crippen molar-refractivity contribution in [1.82, 2.24) is 4.98 Å². The Kier molecular flexibility index (Phi) is 5.51. The fraction of sp³-hybridized carbons (Fsp3) is 0.190. The highest BCUT2D eigenvalue weighted by molar-refractivity contribution is 7.90. The largest absolute Gasteiger partial charge is 0.391 e. The number of H-pyrrole nitrogens is 1. The van der Waals surface area contributed by atoms with Crippen molar-refractivity contribution in [3.63, 3.8) is 0 Å². The molecule has 2 aromatic carbocycles. The molecule has 0 fully saturated rings. The number of hydrogen-bond donors (Lipinski definition) is 3. The van der Waals surface area contributed by atoms with E-state index in [1.165, 1.54) is 6.92 Å². The van der Waals surface area contributed by atoms with E-state index in [2.05, 4.69) is 4.98 Å². The molecule has 0 radical (unpaired) electrons. The molecule has 6 nitrogen and oxygen atoms in total.